The van der Waals surface area contributed by atoms with Crippen LogP contribution in [-0.2, 0) is 4.79 Å². The number of carbonyl (C=O) groups is 2. The molecule has 2 N–H and O–H groups in total. The molecule has 2 amide bonds. The smallest absolute Gasteiger partial charge is 0.271 e. The van der Waals surface area contributed by atoms with Gasteiger partial charge in [0.15, 0.2) is 0 Å². The van der Waals surface area contributed by atoms with Crippen LogP contribution in [0.4, 0.5) is 5.69 Å². The number of benzene rings is 3. The van der Waals surface area contributed by atoms with Gasteiger partial charge in [-0.15, -0.1) is 0 Å². The highest BCUT2D eigenvalue weighted by molar-refractivity contribution is 6.03. The van der Waals surface area contributed by atoms with Crippen LogP contribution in [0, 0.1) is 5.92 Å². The molecule has 0 unspecified atom stereocenters. The van der Waals surface area contributed by atoms with Crippen LogP contribution in [0.3, 0.4) is 0 Å². The van der Waals surface area contributed by atoms with Gasteiger partial charge in [-0.25, -0.2) is 5.43 Å². The van der Waals surface area contributed by atoms with Gasteiger partial charge >= 0.3 is 0 Å². The fraction of sp³-hybridized carbons (Fsp3) is 0.269. The molecule has 32 heavy (non-hydrogen) atoms. The molecule has 1 aliphatic carbocycles. The molecule has 6 nitrogen and oxygen atoms in total. The molecule has 0 saturated heterocycles. The average Bonchev–Trinajstić information content (AvgIpc) is 2.85. The van der Waals surface area contributed by atoms with Crippen molar-refractivity contribution >= 4 is 34.5 Å². The lowest BCUT2D eigenvalue weighted by Gasteiger charge is -2.20. The summed E-state index contributed by atoms with van der Waals surface area (Å²) < 4.78 is 5.45. The first kappa shape index (κ1) is 21.6. The van der Waals surface area contributed by atoms with E-state index in [2.05, 4.69) is 15.8 Å². The van der Waals surface area contributed by atoms with E-state index >= 15 is 0 Å². The molecule has 1 aliphatic rings. The second-order valence-corrected chi connectivity index (χ2v) is 8.00. The SMILES string of the molecule is COc1ccc2ccccc2c1C=NNC(=O)c1ccc(NC(=O)C2CCCCC2)cc1. The topological polar surface area (TPSA) is 79.8 Å². The zero-order valence-electron chi connectivity index (χ0n) is 18.1. The predicted octanol–water partition coefficient (Wildman–Crippen LogP) is 5.13. The van der Waals surface area contributed by atoms with Crippen LogP contribution in [0.1, 0.15) is 48.0 Å². The fourth-order valence-electron chi connectivity index (χ4n) is 4.12. The lowest BCUT2D eigenvalue weighted by Crippen LogP contribution is -2.24. The molecule has 3 aromatic rings. The van der Waals surface area contributed by atoms with Crippen LogP contribution in [0.15, 0.2) is 65.8 Å². The molecule has 0 spiro atoms. The normalized spacial score (nSPS) is 14.4. The van der Waals surface area contributed by atoms with Crippen LogP contribution in [0.2, 0.25) is 0 Å². The highest BCUT2D eigenvalue weighted by atomic mass is 16.5. The van der Waals surface area contributed by atoms with Gasteiger partial charge in [0, 0.05) is 22.7 Å². The molecule has 0 atom stereocenters. The number of nitrogens with zero attached hydrogens (tertiary/aromatic N) is 1. The van der Waals surface area contributed by atoms with Crippen LogP contribution >= 0.6 is 0 Å². The van der Waals surface area contributed by atoms with E-state index in [0.29, 0.717) is 17.0 Å². The quantitative estimate of drug-likeness (QED) is 0.421. The number of methoxy groups -OCH3 is 1. The molecule has 0 radical (unpaired) electrons. The van der Waals surface area contributed by atoms with Crippen LogP contribution in [0.25, 0.3) is 10.8 Å². The number of rotatable bonds is 6. The molecule has 0 bridgehead atoms. The first-order valence-electron chi connectivity index (χ1n) is 11.0. The number of amides is 2. The van der Waals surface area contributed by atoms with Crippen molar-refractivity contribution in [2.45, 2.75) is 32.1 Å². The number of hydrogen-bond acceptors (Lipinski definition) is 4. The van der Waals surface area contributed by atoms with Gasteiger partial charge in [0.2, 0.25) is 5.91 Å². The van der Waals surface area contributed by atoms with E-state index in [0.717, 1.165) is 42.0 Å². The molecular weight excluding hydrogens is 402 g/mol. The highest BCUT2D eigenvalue weighted by Crippen LogP contribution is 2.27. The van der Waals surface area contributed by atoms with Crippen LogP contribution in [-0.4, -0.2) is 25.1 Å². The third-order valence-electron chi connectivity index (χ3n) is 5.90. The minimum Gasteiger partial charge on any atom is -0.496 e. The first-order valence-corrected chi connectivity index (χ1v) is 11.0. The first-order chi connectivity index (χ1) is 15.7. The second-order valence-electron chi connectivity index (χ2n) is 8.00. The summed E-state index contributed by atoms with van der Waals surface area (Å²) in [6.45, 7) is 0. The van der Waals surface area contributed by atoms with Crippen molar-refractivity contribution in [2.75, 3.05) is 12.4 Å². The van der Waals surface area contributed by atoms with E-state index in [1.54, 1.807) is 37.6 Å². The summed E-state index contributed by atoms with van der Waals surface area (Å²) in [5.74, 6) is 0.507. The Bertz CT molecular complexity index is 1130. The van der Waals surface area contributed by atoms with Crippen molar-refractivity contribution in [3.05, 3.63) is 71.8 Å². The lowest BCUT2D eigenvalue weighted by atomic mass is 9.88. The molecule has 1 saturated carbocycles. The number of carbonyl (C=O) groups excluding carboxylic acids is 2. The molecule has 4 rings (SSSR count). The Morgan fingerprint density at radius 3 is 2.47 bits per heavy atom. The maximum atomic E-state index is 12.5. The Hall–Kier alpha value is -3.67. The zero-order valence-corrected chi connectivity index (χ0v) is 18.1. The van der Waals surface area contributed by atoms with E-state index < -0.39 is 0 Å². The standard InChI is InChI=1S/C26H27N3O3/c1-32-24-16-13-18-7-5-6-10-22(18)23(24)17-27-29-26(31)20-11-14-21(15-12-20)28-25(30)19-8-3-2-4-9-19/h5-7,10-17,19H,2-4,8-9H2,1H3,(H,28,30)(H,29,31). The largest absolute Gasteiger partial charge is 0.496 e. The monoisotopic (exact) mass is 429 g/mol. The van der Waals surface area contributed by atoms with Gasteiger partial charge in [-0.2, -0.15) is 5.10 Å². The molecule has 0 aromatic heterocycles. The average molecular weight is 430 g/mol. The van der Waals surface area contributed by atoms with E-state index in [-0.39, 0.29) is 17.7 Å². The van der Waals surface area contributed by atoms with Crippen molar-refractivity contribution in [1.29, 1.82) is 0 Å². The van der Waals surface area contributed by atoms with Crippen molar-refractivity contribution in [3.8, 4) is 5.75 Å². The third-order valence-corrected chi connectivity index (χ3v) is 5.90. The fourth-order valence-corrected chi connectivity index (χ4v) is 4.12. The predicted molar refractivity (Wildman–Crippen MR) is 127 cm³/mol. The molecular formula is C26H27N3O3. The van der Waals surface area contributed by atoms with Crippen molar-refractivity contribution in [3.63, 3.8) is 0 Å². The molecule has 3 aromatic carbocycles. The number of anilines is 1. The summed E-state index contributed by atoms with van der Waals surface area (Å²) in [7, 11) is 1.61. The van der Waals surface area contributed by atoms with E-state index in [9.17, 15) is 9.59 Å². The summed E-state index contributed by atoms with van der Waals surface area (Å²) in [5.41, 5.74) is 4.52. The molecule has 0 aliphatic heterocycles. The minimum absolute atomic E-state index is 0.0653. The number of hydrogen-bond donors (Lipinski definition) is 2. The molecule has 6 heteroatoms. The number of hydrazone groups is 1. The van der Waals surface area contributed by atoms with Crippen molar-refractivity contribution in [2.24, 2.45) is 11.0 Å². The number of fused-ring (bicyclic) bond motifs is 1. The number of nitrogens with one attached hydrogen (secondary N) is 2. The minimum atomic E-state index is -0.328. The van der Waals surface area contributed by atoms with E-state index in [1.807, 2.05) is 36.4 Å². The van der Waals surface area contributed by atoms with Crippen LogP contribution in [0.5, 0.6) is 5.75 Å². The molecule has 1 fully saturated rings. The maximum Gasteiger partial charge on any atom is 0.271 e. The molecule has 0 heterocycles. The third kappa shape index (κ3) is 4.97. The van der Waals surface area contributed by atoms with Crippen molar-refractivity contribution in [1.82, 2.24) is 5.43 Å². The second kappa shape index (κ2) is 10.1. The van der Waals surface area contributed by atoms with Gasteiger partial charge in [0.25, 0.3) is 5.91 Å². The van der Waals surface area contributed by atoms with Crippen LogP contribution < -0.4 is 15.5 Å². The Morgan fingerprint density at radius 1 is 0.969 bits per heavy atom. The summed E-state index contributed by atoms with van der Waals surface area (Å²) >= 11 is 0. The van der Waals surface area contributed by atoms with Gasteiger partial charge in [0.05, 0.1) is 13.3 Å². The summed E-state index contributed by atoms with van der Waals surface area (Å²) in [6, 6.07) is 18.6. The maximum absolute atomic E-state index is 12.5. The Balaban J connectivity index is 1.40. The summed E-state index contributed by atoms with van der Waals surface area (Å²) in [6.07, 6.45) is 6.93. The highest BCUT2D eigenvalue weighted by Gasteiger charge is 2.21. The Kier molecular flexibility index (Phi) is 6.80. The lowest BCUT2D eigenvalue weighted by molar-refractivity contribution is -0.120. The van der Waals surface area contributed by atoms with E-state index in [4.69, 9.17) is 4.74 Å². The Morgan fingerprint density at radius 2 is 1.72 bits per heavy atom. The summed E-state index contributed by atoms with van der Waals surface area (Å²) in [5, 5.41) is 9.14. The van der Waals surface area contributed by atoms with Crippen molar-refractivity contribution < 1.29 is 14.3 Å². The van der Waals surface area contributed by atoms with Gasteiger partial charge < -0.3 is 10.1 Å². The zero-order chi connectivity index (χ0) is 22.3. The van der Waals surface area contributed by atoms with E-state index in [1.165, 1.54) is 6.42 Å². The number of ether oxygens (including phenoxy) is 1. The van der Waals surface area contributed by atoms with Gasteiger partial charge in [-0.05, 0) is 53.9 Å². The Labute approximate surface area is 187 Å². The molecule has 164 valence electrons. The van der Waals surface area contributed by atoms with Gasteiger partial charge in [0.1, 0.15) is 5.75 Å². The van der Waals surface area contributed by atoms with Gasteiger partial charge in [-0.1, -0.05) is 49.6 Å². The van der Waals surface area contributed by atoms with Gasteiger partial charge in [-0.3, -0.25) is 9.59 Å². The summed E-state index contributed by atoms with van der Waals surface area (Å²) in [4.78, 5) is 24.9.